The Bertz CT molecular complexity index is 208. The van der Waals surface area contributed by atoms with E-state index >= 15 is 0 Å². The molecule has 1 aliphatic rings. The summed E-state index contributed by atoms with van der Waals surface area (Å²) in [7, 11) is 0. The fourth-order valence-corrected chi connectivity index (χ4v) is 1.31. The molecule has 0 saturated heterocycles. The van der Waals surface area contributed by atoms with Crippen molar-refractivity contribution >= 4 is 5.78 Å². The Balaban J connectivity index is 2.83. The Morgan fingerprint density at radius 1 is 1.73 bits per heavy atom. The minimum absolute atomic E-state index is 0.136. The first-order chi connectivity index (χ1) is 5.08. The van der Waals surface area contributed by atoms with Crippen LogP contribution in [0.5, 0.6) is 0 Å². The van der Waals surface area contributed by atoms with Crippen molar-refractivity contribution in [2.75, 3.05) is 0 Å². The molecule has 0 saturated carbocycles. The molecule has 0 fully saturated rings. The second-order valence-corrected chi connectivity index (χ2v) is 3.50. The van der Waals surface area contributed by atoms with E-state index in [2.05, 4.69) is 0 Å². The van der Waals surface area contributed by atoms with Gasteiger partial charge in [0, 0.05) is 17.2 Å². The average Bonchev–Trinajstić information content (AvgIpc) is 1.98. The van der Waals surface area contributed by atoms with Gasteiger partial charge in [-0.15, -0.1) is 0 Å². The van der Waals surface area contributed by atoms with Gasteiger partial charge in [0.05, 0.1) is 0 Å². The molecular formula is C9H15NO. The van der Waals surface area contributed by atoms with Crippen molar-refractivity contribution in [2.24, 2.45) is 11.1 Å². The summed E-state index contributed by atoms with van der Waals surface area (Å²) in [5.41, 5.74) is 6.14. The third-order valence-corrected chi connectivity index (χ3v) is 2.66. The molecule has 0 heterocycles. The summed E-state index contributed by atoms with van der Waals surface area (Å²) in [6, 6.07) is 0. The topological polar surface area (TPSA) is 43.1 Å². The van der Waals surface area contributed by atoms with Gasteiger partial charge in [0.15, 0.2) is 5.78 Å². The molecule has 2 heteroatoms. The largest absolute Gasteiger partial charge is 0.402 e. The molecular weight excluding hydrogens is 138 g/mol. The minimum Gasteiger partial charge on any atom is -0.402 e. The van der Waals surface area contributed by atoms with Crippen molar-refractivity contribution in [3.63, 3.8) is 0 Å². The molecule has 1 aliphatic carbocycles. The number of allylic oxidation sites excluding steroid dienone is 2. The number of hydrogen-bond acceptors (Lipinski definition) is 2. The van der Waals surface area contributed by atoms with Crippen molar-refractivity contribution in [3.05, 3.63) is 11.8 Å². The van der Waals surface area contributed by atoms with Crippen LogP contribution < -0.4 is 5.73 Å². The monoisotopic (exact) mass is 153 g/mol. The second-order valence-electron chi connectivity index (χ2n) is 3.50. The molecule has 2 nitrogen and oxygen atoms in total. The van der Waals surface area contributed by atoms with Crippen LogP contribution in [0.1, 0.15) is 33.1 Å². The quantitative estimate of drug-likeness (QED) is 0.622. The van der Waals surface area contributed by atoms with Crippen molar-refractivity contribution in [1.29, 1.82) is 0 Å². The molecule has 0 aromatic rings. The zero-order valence-electron chi connectivity index (χ0n) is 7.18. The number of carbonyl (C=O) groups excluding carboxylic acids is 1. The fourth-order valence-electron chi connectivity index (χ4n) is 1.31. The minimum atomic E-state index is -0.136. The van der Waals surface area contributed by atoms with Crippen LogP contribution in [0.2, 0.25) is 0 Å². The Morgan fingerprint density at radius 2 is 2.36 bits per heavy atom. The predicted molar refractivity (Wildman–Crippen MR) is 44.9 cm³/mol. The summed E-state index contributed by atoms with van der Waals surface area (Å²) >= 11 is 0. The van der Waals surface area contributed by atoms with Crippen LogP contribution in [0.4, 0.5) is 0 Å². The van der Waals surface area contributed by atoms with Gasteiger partial charge in [-0.25, -0.2) is 0 Å². The number of nitrogens with two attached hydrogens (primary N) is 1. The lowest BCUT2D eigenvalue weighted by atomic mass is 9.75. The molecule has 0 amide bonds. The van der Waals surface area contributed by atoms with E-state index in [1.165, 1.54) is 0 Å². The SMILES string of the molecule is CCC1(C)CCC(N)=CC1=O. The maximum atomic E-state index is 11.4. The second kappa shape index (κ2) is 2.68. The van der Waals surface area contributed by atoms with Crippen molar-refractivity contribution in [3.8, 4) is 0 Å². The first-order valence-corrected chi connectivity index (χ1v) is 4.09. The lowest BCUT2D eigenvalue weighted by Gasteiger charge is -2.28. The molecule has 2 N–H and O–H groups in total. The van der Waals surface area contributed by atoms with Crippen molar-refractivity contribution in [2.45, 2.75) is 33.1 Å². The number of hydrogen-bond donors (Lipinski definition) is 1. The van der Waals surface area contributed by atoms with Gasteiger partial charge >= 0.3 is 0 Å². The van der Waals surface area contributed by atoms with E-state index in [1.807, 2.05) is 13.8 Å². The summed E-state index contributed by atoms with van der Waals surface area (Å²) in [5.74, 6) is 0.198. The van der Waals surface area contributed by atoms with Gasteiger partial charge < -0.3 is 5.73 Å². The van der Waals surface area contributed by atoms with Crippen LogP contribution in [0.15, 0.2) is 11.8 Å². The van der Waals surface area contributed by atoms with Crippen LogP contribution in [0.3, 0.4) is 0 Å². The first-order valence-electron chi connectivity index (χ1n) is 4.09. The molecule has 1 rings (SSSR count). The lowest BCUT2D eigenvalue weighted by molar-refractivity contribution is -0.124. The highest BCUT2D eigenvalue weighted by molar-refractivity contribution is 5.95. The number of carbonyl (C=O) groups is 1. The molecule has 0 spiro atoms. The number of ketones is 1. The molecule has 11 heavy (non-hydrogen) atoms. The Labute approximate surface area is 67.5 Å². The maximum absolute atomic E-state index is 11.4. The van der Waals surface area contributed by atoms with Crippen LogP contribution >= 0.6 is 0 Å². The van der Waals surface area contributed by atoms with E-state index in [1.54, 1.807) is 6.08 Å². The van der Waals surface area contributed by atoms with E-state index in [4.69, 9.17) is 5.73 Å². The van der Waals surface area contributed by atoms with E-state index in [0.717, 1.165) is 25.0 Å². The molecule has 0 aromatic heterocycles. The third-order valence-electron chi connectivity index (χ3n) is 2.66. The Morgan fingerprint density at radius 3 is 2.82 bits per heavy atom. The molecule has 0 aliphatic heterocycles. The summed E-state index contributed by atoms with van der Waals surface area (Å²) in [4.78, 5) is 11.4. The molecule has 62 valence electrons. The fraction of sp³-hybridized carbons (Fsp3) is 0.667. The van der Waals surface area contributed by atoms with Crippen molar-refractivity contribution < 1.29 is 4.79 Å². The van der Waals surface area contributed by atoms with Crippen LogP contribution in [0, 0.1) is 5.41 Å². The van der Waals surface area contributed by atoms with Gasteiger partial charge in [0.2, 0.25) is 0 Å². The van der Waals surface area contributed by atoms with E-state index < -0.39 is 0 Å². The van der Waals surface area contributed by atoms with Crippen molar-refractivity contribution in [1.82, 2.24) is 0 Å². The van der Waals surface area contributed by atoms with E-state index in [9.17, 15) is 4.79 Å². The van der Waals surface area contributed by atoms with Crippen LogP contribution in [0.25, 0.3) is 0 Å². The third kappa shape index (κ3) is 1.44. The predicted octanol–water partition coefficient (Wildman–Crippen LogP) is 1.61. The Kier molecular flexibility index (Phi) is 2.03. The molecule has 1 unspecified atom stereocenters. The molecule has 0 aromatic carbocycles. The highest BCUT2D eigenvalue weighted by Gasteiger charge is 2.32. The highest BCUT2D eigenvalue weighted by Crippen LogP contribution is 2.33. The Hall–Kier alpha value is -0.790. The maximum Gasteiger partial charge on any atom is 0.163 e. The number of rotatable bonds is 1. The standard InChI is InChI=1S/C9H15NO/c1-3-9(2)5-4-7(10)6-8(9)11/h6H,3-5,10H2,1-2H3. The normalized spacial score (nSPS) is 31.8. The molecule has 0 radical (unpaired) electrons. The smallest absolute Gasteiger partial charge is 0.163 e. The van der Waals surface area contributed by atoms with Gasteiger partial charge in [-0.3, -0.25) is 4.79 Å². The molecule has 0 bridgehead atoms. The van der Waals surface area contributed by atoms with Gasteiger partial charge in [-0.1, -0.05) is 13.8 Å². The zero-order valence-corrected chi connectivity index (χ0v) is 7.18. The van der Waals surface area contributed by atoms with Gasteiger partial charge in [-0.05, 0) is 19.3 Å². The van der Waals surface area contributed by atoms with E-state index in [0.29, 0.717) is 0 Å². The zero-order chi connectivity index (χ0) is 8.48. The van der Waals surface area contributed by atoms with Crippen LogP contribution in [-0.2, 0) is 4.79 Å². The summed E-state index contributed by atoms with van der Waals surface area (Å²) < 4.78 is 0. The summed E-state index contributed by atoms with van der Waals surface area (Å²) in [6.45, 7) is 4.06. The van der Waals surface area contributed by atoms with Gasteiger partial charge in [-0.2, -0.15) is 0 Å². The molecule has 1 atom stereocenters. The van der Waals surface area contributed by atoms with Gasteiger partial charge in [0.1, 0.15) is 0 Å². The highest BCUT2D eigenvalue weighted by atomic mass is 16.1. The summed E-state index contributed by atoms with van der Waals surface area (Å²) in [5, 5.41) is 0. The summed E-state index contributed by atoms with van der Waals surface area (Å²) in [6.07, 6.45) is 4.28. The van der Waals surface area contributed by atoms with E-state index in [-0.39, 0.29) is 11.2 Å². The average molecular weight is 153 g/mol. The van der Waals surface area contributed by atoms with Crippen LogP contribution in [-0.4, -0.2) is 5.78 Å². The van der Waals surface area contributed by atoms with Gasteiger partial charge in [0.25, 0.3) is 0 Å². The lowest BCUT2D eigenvalue weighted by Crippen LogP contribution is -2.30. The first kappa shape index (κ1) is 8.31.